The topological polar surface area (TPSA) is 22.6 Å². The molecule has 218 valence electrons. The third kappa shape index (κ3) is 4.91. The second kappa shape index (κ2) is 11.6. The van der Waals surface area contributed by atoms with E-state index >= 15 is 0 Å². The minimum atomic E-state index is -2.30. The Morgan fingerprint density at radius 2 is 1.41 bits per heavy atom. The van der Waals surface area contributed by atoms with Gasteiger partial charge in [0.15, 0.2) is 0 Å². The molecule has 0 amide bonds. The summed E-state index contributed by atoms with van der Waals surface area (Å²) >= 11 is 1.57. The largest absolute Gasteiger partial charge is 0.504 e. The molecule has 2 aliphatic heterocycles. The molecule has 0 fully saturated rings. The van der Waals surface area contributed by atoms with Gasteiger partial charge in [-0.15, -0.1) is 51.0 Å². The van der Waals surface area contributed by atoms with Crippen molar-refractivity contribution in [2.45, 2.75) is 16.7 Å². The quantitative estimate of drug-likeness (QED) is 0.166. The van der Waals surface area contributed by atoms with Crippen molar-refractivity contribution in [2.75, 3.05) is 21.7 Å². The molecule has 0 saturated heterocycles. The number of benzene rings is 5. The molecule has 0 atom stereocenters. The minimum absolute atomic E-state index is 0. The van der Waals surface area contributed by atoms with Gasteiger partial charge in [-0.25, -0.2) is 4.98 Å². The zero-order valence-electron chi connectivity index (χ0n) is 26.6. The Bertz CT molecular complexity index is 2120. The number of hydrogen-bond donors (Lipinski definition) is 0. The van der Waals surface area contributed by atoms with Crippen LogP contribution in [0.25, 0.3) is 22.3 Å². The van der Waals surface area contributed by atoms with Gasteiger partial charge in [0, 0.05) is 48.3 Å². The Morgan fingerprint density at radius 3 is 2.20 bits per heavy atom. The fourth-order valence-electron chi connectivity index (χ4n) is 5.83. The maximum Gasteiger partial charge on any atom is 0.135 e. The molecular formula is C38H27N4PtS-3. The Morgan fingerprint density at radius 1 is 0.705 bits per heavy atom. The van der Waals surface area contributed by atoms with Crippen molar-refractivity contribution in [1.29, 1.82) is 0 Å². The predicted molar refractivity (Wildman–Crippen MR) is 178 cm³/mol. The van der Waals surface area contributed by atoms with Gasteiger partial charge in [0.25, 0.3) is 0 Å². The fraction of sp³-hybridized carbons (Fsp3) is 0.0526. The summed E-state index contributed by atoms with van der Waals surface area (Å²) in [5.74, 6) is 0.829. The number of rotatable bonds is 4. The van der Waals surface area contributed by atoms with Crippen molar-refractivity contribution in [2.24, 2.45) is 0 Å². The molecule has 0 unspecified atom stereocenters. The number of anilines is 6. The van der Waals surface area contributed by atoms with Crippen molar-refractivity contribution >= 4 is 46.0 Å². The predicted octanol–water partition coefficient (Wildman–Crippen LogP) is 9.96. The van der Waals surface area contributed by atoms with E-state index in [9.17, 15) is 0 Å². The van der Waals surface area contributed by atoms with Crippen LogP contribution in [0.15, 0.2) is 131 Å². The Labute approximate surface area is 281 Å². The number of aromatic nitrogens is 1. The molecule has 6 heteroatoms. The van der Waals surface area contributed by atoms with E-state index in [0.717, 1.165) is 66.2 Å². The molecule has 3 heterocycles. The molecule has 0 saturated carbocycles. The van der Waals surface area contributed by atoms with Gasteiger partial charge < -0.3 is 14.7 Å². The number of aryl methyl sites for hydroxylation is 1. The van der Waals surface area contributed by atoms with Gasteiger partial charge in [-0.2, -0.15) is 30.9 Å². The molecule has 0 spiro atoms. The summed E-state index contributed by atoms with van der Waals surface area (Å²) in [4.78, 5) is 12.1. The van der Waals surface area contributed by atoms with E-state index in [1.54, 1.807) is 18.4 Å². The molecule has 0 aliphatic carbocycles. The van der Waals surface area contributed by atoms with Crippen molar-refractivity contribution in [3.8, 4) is 22.3 Å². The van der Waals surface area contributed by atoms with Crippen LogP contribution in [-0.4, -0.2) is 12.0 Å². The zero-order chi connectivity index (χ0) is 31.4. The molecule has 0 bridgehead atoms. The standard InChI is InChI=1S/C38H27N4S.Pt/c1-26-20-21-39-38(22-26)42-34-15-6-5-14-32(34)30-12-3-4-13-31(30)33-19-18-29(24-37(33)42)43-28-11-9-10-27(23-28)41-25-40(2)35-16-7-8-17-36(35)41;/h3-22,25H,1-2H3;/q-3;/i2D3;. The third-order valence-corrected chi connectivity index (χ3v) is 8.68. The monoisotopic (exact) mass is 769 g/mol. The smallest absolute Gasteiger partial charge is 0.135 e. The van der Waals surface area contributed by atoms with Crippen LogP contribution in [0.5, 0.6) is 0 Å². The van der Waals surface area contributed by atoms with Gasteiger partial charge in [-0.05, 0) is 55.4 Å². The summed E-state index contributed by atoms with van der Waals surface area (Å²) in [7, 11) is 0. The van der Waals surface area contributed by atoms with E-state index in [2.05, 4.69) is 90.7 Å². The first-order valence-corrected chi connectivity index (χ1v) is 14.9. The first-order valence-electron chi connectivity index (χ1n) is 15.6. The Balaban J connectivity index is 0.00000351. The summed E-state index contributed by atoms with van der Waals surface area (Å²) in [5.41, 5.74) is 9.80. The zero-order valence-corrected chi connectivity index (χ0v) is 26.7. The molecule has 44 heavy (non-hydrogen) atoms. The van der Waals surface area contributed by atoms with E-state index in [-0.39, 0.29) is 21.1 Å². The van der Waals surface area contributed by atoms with E-state index < -0.39 is 6.98 Å². The molecule has 1 aromatic heterocycles. The summed E-state index contributed by atoms with van der Waals surface area (Å²) < 4.78 is 24.2. The van der Waals surface area contributed by atoms with Crippen molar-refractivity contribution < 1.29 is 25.2 Å². The first-order chi connectivity index (χ1) is 22.3. The van der Waals surface area contributed by atoms with Crippen LogP contribution in [-0.2, 0) is 21.1 Å². The third-order valence-electron chi connectivity index (χ3n) is 7.77. The molecule has 0 radical (unpaired) electrons. The SMILES string of the molecule is [2H]C([2H])([2H])N1[CH-]N(c2[c-]c(Sc3[c-]c4c(cc3)-c3ccccc3-c3ccccc3N4c3cc(C)ccn3)ccc2)c2ccccc21.[Pt]. The van der Waals surface area contributed by atoms with Gasteiger partial charge in [0.1, 0.15) is 5.82 Å². The van der Waals surface area contributed by atoms with E-state index in [4.69, 9.17) is 9.10 Å². The summed E-state index contributed by atoms with van der Waals surface area (Å²) in [6.07, 6.45) is 1.85. The summed E-state index contributed by atoms with van der Waals surface area (Å²) in [5, 5.41) is 0. The van der Waals surface area contributed by atoms with Crippen LogP contribution < -0.4 is 14.7 Å². The summed E-state index contributed by atoms with van der Waals surface area (Å²) in [6.45, 7) is 1.41. The van der Waals surface area contributed by atoms with Crippen LogP contribution in [0.1, 0.15) is 9.68 Å². The average molecular weight is 770 g/mol. The van der Waals surface area contributed by atoms with Crippen molar-refractivity contribution in [1.82, 2.24) is 4.98 Å². The van der Waals surface area contributed by atoms with Crippen LogP contribution >= 0.6 is 11.8 Å². The minimum Gasteiger partial charge on any atom is -0.504 e. The van der Waals surface area contributed by atoms with Crippen LogP contribution in [0.4, 0.5) is 34.3 Å². The van der Waals surface area contributed by atoms with Gasteiger partial charge in [0.05, 0.1) is 5.69 Å². The molecule has 2 aliphatic rings. The first kappa shape index (κ1) is 25.1. The molecule has 0 N–H and O–H groups in total. The number of pyridine rings is 1. The van der Waals surface area contributed by atoms with Gasteiger partial charge in [-0.3, -0.25) is 0 Å². The number of fused-ring (bicyclic) bond motifs is 6. The second-order valence-electron chi connectivity index (χ2n) is 10.5. The van der Waals surface area contributed by atoms with Gasteiger partial charge >= 0.3 is 0 Å². The van der Waals surface area contributed by atoms with E-state index in [0.29, 0.717) is 5.69 Å². The van der Waals surface area contributed by atoms with Crippen LogP contribution in [0.2, 0.25) is 0 Å². The second-order valence-corrected chi connectivity index (χ2v) is 11.6. The van der Waals surface area contributed by atoms with Crippen molar-refractivity contribution in [3.63, 3.8) is 0 Å². The number of para-hydroxylation sites is 3. The molecule has 6 aromatic rings. The fourth-order valence-corrected chi connectivity index (χ4v) is 6.65. The van der Waals surface area contributed by atoms with Crippen molar-refractivity contribution in [3.05, 3.63) is 146 Å². The number of hydrogen-bond acceptors (Lipinski definition) is 5. The summed E-state index contributed by atoms with van der Waals surface area (Å²) in [6, 6.07) is 46.1. The van der Waals surface area contributed by atoms with Crippen LogP contribution in [0, 0.1) is 25.7 Å². The molecule has 8 rings (SSSR count). The number of nitrogens with zero attached hydrogens (tertiary/aromatic N) is 4. The molecule has 4 nitrogen and oxygen atoms in total. The maximum atomic E-state index is 8.05. The van der Waals surface area contributed by atoms with E-state index in [1.165, 1.54) is 4.90 Å². The van der Waals surface area contributed by atoms with Crippen LogP contribution in [0.3, 0.4) is 0 Å². The van der Waals surface area contributed by atoms with Gasteiger partial charge in [-0.1, -0.05) is 65.8 Å². The Hall–Kier alpha value is -4.31. The molecular weight excluding hydrogens is 740 g/mol. The average Bonchev–Trinajstić information content (AvgIpc) is 3.41. The normalized spacial score (nSPS) is 14.2. The Kier molecular flexibility index (Phi) is 6.63. The maximum absolute atomic E-state index is 8.05. The van der Waals surface area contributed by atoms with E-state index in [1.807, 2.05) is 59.6 Å². The molecule has 5 aromatic carbocycles. The van der Waals surface area contributed by atoms with Gasteiger partial charge in [0.2, 0.25) is 0 Å².